The molecule has 3 rings (SSSR count). The Kier molecular flexibility index (Phi) is 3.40. The second kappa shape index (κ2) is 5.25. The monoisotopic (exact) mass is 301 g/mol. The number of hydrogen-bond acceptors (Lipinski definition) is 6. The van der Waals surface area contributed by atoms with Crippen LogP contribution in [0, 0.1) is 12.8 Å². The van der Waals surface area contributed by atoms with Crippen molar-refractivity contribution in [1.82, 2.24) is 5.43 Å². The third-order valence-corrected chi connectivity index (χ3v) is 3.70. The van der Waals surface area contributed by atoms with Crippen molar-refractivity contribution >= 4 is 29.2 Å². The molecule has 0 aliphatic carbocycles. The van der Waals surface area contributed by atoms with Gasteiger partial charge in [0.05, 0.1) is 12.3 Å². The average Bonchev–Trinajstić information content (AvgIpc) is 3.03. The highest BCUT2D eigenvalue weighted by Crippen LogP contribution is 2.30. The molecule has 2 heterocycles. The van der Waals surface area contributed by atoms with Crippen molar-refractivity contribution in [3.8, 4) is 0 Å². The molecule has 2 amide bonds. The normalized spacial score (nSPS) is 23.2. The maximum absolute atomic E-state index is 12.6. The molecule has 114 valence electrons. The van der Waals surface area contributed by atoms with Gasteiger partial charge in [0.1, 0.15) is 12.0 Å². The molecule has 0 spiro atoms. The summed E-state index contributed by atoms with van der Waals surface area (Å²) in [4.78, 5) is 38.0. The highest BCUT2D eigenvalue weighted by Gasteiger charge is 2.55. The van der Waals surface area contributed by atoms with E-state index >= 15 is 0 Å². The maximum atomic E-state index is 12.6. The molecule has 1 aromatic rings. The number of aryl methyl sites for hydroxylation is 1. The van der Waals surface area contributed by atoms with Gasteiger partial charge in [-0.05, 0) is 26.0 Å². The van der Waals surface area contributed by atoms with Gasteiger partial charge in [0.25, 0.3) is 5.91 Å². The number of imide groups is 1. The minimum Gasteiger partial charge on any atom is -0.461 e. The molecule has 2 aliphatic rings. The zero-order chi connectivity index (χ0) is 15.9. The molecule has 0 radical (unpaired) electrons. The molecule has 1 fully saturated rings. The number of rotatable bonds is 3. The number of esters is 1. The fourth-order valence-electron chi connectivity index (χ4n) is 2.61. The summed E-state index contributed by atoms with van der Waals surface area (Å²) in [6.45, 7) is 3.76. The summed E-state index contributed by atoms with van der Waals surface area (Å²) >= 11 is 0. The molecule has 7 nitrogen and oxygen atoms in total. The van der Waals surface area contributed by atoms with Crippen molar-refractivity contribution in [3.05, 3.63) is 29.8 Å². The Morgan fingerprint density at radius 1 is 1.27 bits per heavy atom. The van der Waals surface area contributed by atoms with Crippen molar-refractivity contribution in [1.29, 1.82) is 0 Å². The number of amides is 2. The fourth-order valence-corrected chi connectivity index (χ4v) is 2.61. The molecule has 0 aromatic heterocycles. The zero-order valence-corrected chi connectivity index (χ0v) is 12.2. The summed E-state index contributed by atoms with van der Waals surface area (Å²) < 4.78 is 4.88. The van der Waals surface area contributed by atoms with Gasteiger partial charge in [-0.15, -0.1) is 0 Å². The van der Waals surface area contributed by atoms with Gasteiger partial charge in [0, 0.05) is 0 Å². The Balaban J connectivity index is 1.91. The van der Waals surface area contributed by atoms with E-state index in [4.69, 9.17) is 4.74 Å². The number of benzene rings is 1. The van der Waals surface area contributed by atoms with Crippen LogP contribution in [-0.2, 0) is 19.1 Å². The van der Waals surface area contributed by atoms with Crippen LogP contribution in [0.1, 0.15) is 12.5 Å². The van der Waals surface area contributed by atoms with Gasteiger partial charge >= 0.3 is 5.97 Å². The highest BCUT2D eigenvalue weighted by atomic mass is 16.5. The van der Waals surface area contributed by atoms with Crippen molar-refractivity contribution in [2.24, 2.45) is 11.0 Å². The lowest BCUT2D eigenvalue weighted by molar-refractivity contribution is -0.136. The van der Waals surface area contributed by atoms with Crippen LogP contribution in [0.2, 0.25) is 0 Å². The summed E-state index contributed by atoms with van der Waals surface area (Å²) in [5.41, 5.74) is 4.04. The molecule has 2 unspecified atom stereocenters. The van der Waals surface area contributed by atoms with Gasteiger partial charge in [0.15, 0.2) is 5.71 Å². The van der Waals surface area contributed by atoms with Crippen LogP contribution in [0.25, 0.3) is 0 Å². The van der Waals surface area contributed by atoms with Crippen molar-refractivity contribution < 1.29 is 19.1 Å². The second-order valence-corrected chi connectivity index (χ2v) is 5.15. The number of carbonyl (C=O) groups excluding carboxylic acids is 3. The van der Waals surface area contributed by atoms with Crippen LogP contribution >= 0.6 is 0 Å². The van der Waals surface area contributed by atoms with E-state index in [0.717, 1.165) is 10.5 Å². The van der Waals surface area contributed by atoms with E-state index < -0.39 is 29.7 Å². The standard InChI is InChI=1S/C15H15N3O4/c1-3-22-15(21)12-10-11(16-17-12)14(20)18(13(10)19)9-6-4-8(2)5-7-9/h4-7,10-11,16H,3H2,1-2H3. The van der Waals surface area contributed by atoms with Crippen LogP contribution in [0.15, 0.2) is 29.4 Å². The minimum absolute atomic E-state index is 0.0418. The van der Waals surface area contributed by atoms with Crippen molar-refractivity contribution in [2.75, 3.05) is 11.5 Å². The van der Waals surface area contributed by atoms with Gasteiger partial charge in [-0.25, -0.2) is 9.69 Å². The van der Waals surface area contributed by atoms with E-state index in [1.165, 1.54) is 0 Å². The highest BCUT2D eigenvalue weighted by molar-refractivity contribution is 6.46. The third kappa shape index (κ3) is 2.05. The first kappa shape index (κ1) is 14.2. The van der Waals surface area contributed by atoms with E-state index in [9.17, 15) is 14.4 Å². The van der Waals surface area contributed by atoms with Crippen molar-refractivity contribution in [2.45, 2.75) is 19.9 Å². The first-order valence-corrected chi connectivity index (χ1v) is 6.99. The van der Waals surface area contributed by atoms with Crippen molar-refractivity contribution in [3.63, 3.8) is 0 Å². The largest absolute Gasteiger partial charge is 0.461 e. The van der Waals surface area contributed by atoms with E-state index in [1.54, 1.807) is 19.1 Å². The number of nitrogens with zero attached hydrogens (tertiary/aromatic N) is 2. The lowest BCUT2D eigenvalue weighted by Crippen LogP contribution is -2.36. The number of fused-ring (bicyclic) bond motifs is 1. The van der Waals surface area contributed by atoms with Crippen LogP contribution in [0.5, 0.6) is 0 Å². The number of anilines is 1. The van der Waals surface area contributed by atoms with Gasteiger partial charge in [-0.2, -0.15) is 5.10 Å². The summed E-state index contributed by atoms with van der Waals surface area (Å²) in [6, 6.07) is 6.20. The summed E-state index contributed by atoms with van der Waals surface area (Å²) in [7, 11) is 0. The van der Waals surface area contributed by atoms with Crippen LogP contribution in [0.4, 0.5) is 5.69 Å². The number of hydrogen-bond donors (Lipinski definition) is 1. The number of nitrogens with one attached hydrogen (secondary N) is 1. The Morgan fingerprint density at radius 2 is 1.95 bits per heavy atom. The van der Waals surface area contributed by atoms with E-state index in [1.807, 2.05) is 19.1 Å². The van der Waals surface area contributed by atoms with E-state index in [2.05, 4.69) is 10.5 Å². The molecular weight excluding hydrogens is 286 g/mol. The third-order valence-electron chi connectivity index (χ3n) is 3.70. The zero-order valence-electron chi connectivity index (χ0n) is 12.2. The lowest BCUT2D eigenvalue weighted by Gasteiger charge is -2.15. The Hall–Kier alpha value is -2.70. The topological polar surface area (TPSA) is 88.1 Å². The van der Waals surface area contributed by atoms with Crippen LogP contribution in [-0.4, -0.2) is 36.1 Å². The Labute approximate surface area is 126 Å². The minimum atomic E-state index is -0.923. The molecule has 2 atom stereocenters. The lowest BCUT2D eigenvalue weighted by atomic mass is 9.99. The number of carbonyl (C=O) groups is 3. The Bertz CT molecular complexity index is 681. The predicted octanol–water partition coefficient (Wildman–Crippen LogP) is 0.375. The van der Waals surface area contributed by atoms with E-state index in [0.29, 0.717) is 5.69 Å². The predicted molar refractivity (Wildman–Crippen MR) is 78.2 cm³/mol. The molecule has 1 saturated heterocycles. The molecule has 2 aliphatic heterocycles. The summed E-state index contributed by atoms with van der Waals surface area (Å²) in [6.07, 6.45) is 0. The second-order valence-electron chi connectivity index (χ2n) is 5.15. The van der Waals surface area contributed by atoms with Gasteiger partial charge < -0.3 is 4.74 Å². The summed E-state index contributed by atoms with van der Waals surface area (Å²) in [5, 5.41) is 3.81. The quantitative estimate of drug-likeness (QED) is 0.644. The first-order valence-electron chi connectivity index (χ1n) is 6.99. The Morgan fingerprint density at radius 3 is 2.59 bits per heavy atom. The van der Waals surface area contributed by atoms with Gasteiger partial charge in [-0.1, -0.05) is 17.7 Å². The molecule has 0 saturated carbocycles. The molecule has 1 aromatic carbocycles. The first-order chi connectivity index (χ1) is 10.5. The van der Waals surface area contributed by atoms with Gasteiger partial charge in [0.2, 0.25) is 5.91 Å². The number of ether oxygens (including phenoxy) is 1. The molecular formula is C15H15N3O4. The SMILES string of the molecule is CCOC(=O)C1=NNC2C(=O)N(c3ccc(C)cc3)C(=O)C12. The van der Waals surface area contributed by atoms with Crippen LogP contribution < -0.4 is 10.3 Å². The fraction of sp³-hybridized carbons (Fsp3) is 0.333. The summed E-state index contributed by atoms with van der Waals surface area (Å²) in [5.74, 6) is -2.47. The maximum Gasteiger partial charge on any atom is 0.355 e. The average molecular weight is 301 g/mol. The van der Waals surface area contributed by atoms with Gasteiger partial charge in [-0.3, -0.25) is 15.0 Å². The molecule has 0 bridgehead atoms. The smallest absolute Gasteiger partial charge is 0.355 e. The molecule has 7 heteroatoms. The van der Waals surface area contributed by atoms with Crippen LogP contribution in [0.3, 0.4) is 0 Å². The van der Waals surface area contributed by atoms with E-state index in [-0.39, 0.29) is 12.3 Å². The number of hydrazone groups is 1. The molecule has 22 heavy (non-hydrogen) atoms. The molecule has 1 N–H and O–H groups in total.